The molecule has 0 bridgehead atoms. The Morgan fingerprint density at radius 2 is 0.662 bits per heavy atom. The maximum atomic E-state index is 5.16. The van der Waals surface area contributed by atoms with Gasteiger partial charge in [-0.05, 0) is 95.7 Å². The van der Waals surface area contributed by atoms with Gasteiger partial charge in [0.1, 0.15) is 0 Å². The lowest BCUT2D eigenvalue weighted by Crippen LogP contribution is -2.00. The summed E-state index contributed by atoms with van der Waals surface area (Å²) in [5.41, 5.74) is 10.8. The summed E-state index contributed by atoms with van der Waals surface area (Å²) in [6.07, 6.45) is 0. The van der Waals surface area contributed by atoms with Gasteiger partial charge in [-0.1, -0.05) is 200 Å². The summed E-state index contributed by atoms with van der Waals surface area (Å²) in [6, 6.07) is 82.3. The van der Waals surface area contributed by atoms with Gasteiger partial charge in [0.2, 0.25) is 0 Å². The summed E-state index contributed by atoms with van der Waals surface area (Å²) in [6.45, 7) is 0. The van der Waals surface area contributed by atoms with E-state index in [0.717, 1.165) is 44.5 Å². The molecular weight excluding hydrogens is 789 g/mol. The van der Waals surface area contributed by atoms with Crippen molar-refractivity contribution >= 4 is 64.9 Å². The molecular formula is C61H38N4. The number of fused-ring (bicyclic) bond motifs is 11. The first kappa shape index (κ1) is 36.9. The molecule has 0 spiro atoms. The van der Waals surface area contributed by atoms with Crippen LogP contribution >= 0.6 is 0 Å². The number of nitrogens with zero attached hydrogens (tertiary/aromatic N) is 4. The van der Waals surface area contributed by atoms with E-state index in [2.05, 4.69) is 217 Å². The third-order valence-corrected chi connectivity index (χ3v) is 13.0. The predicted octanol–water partition coefficient (Wildman–Crippen LogP) is 15.9. The Morgan fingerprint density at radius 1 is 0.246 bits per heavy atom. The van der Waals surface area contributed by atoms with Gasteiger partial charge in [-0.3, -0.25) is 0 Å². The van der Waals surface area contributed by atoms with Crippen LogP contribution in [0.15, 0.2) is 231 Å². The monoisotopic (exact) mass is 826 g/mol. The Morgan fingerprint density at radius 3 is 1.31 bits per heavy atom. The first-order valence-corrected chi connectivity index (χ1v) is 22.1. The number of benzene rings is 11. The molecule has 0 saturated carbocycles. The number of para-hydroxylation sites is 2. The average molecular weight is 827 g/mol. The fraction of sp³-hybridized carbons (Fsp3) is 0. The molecule has 0 N–H and O–H groups in total. The van der Waals surface area contributed by atoms with Gasteiger partial charge < -0.3 is 4.57 Å². The van der Waals surface area contributed by atoms with Gasteiger partial charge in [-0.25, -0.2) is 15.0 Å². The lowest BCUT2D eigenvalue weighted by atomic mass is 9.87. The van der Waals surface area contributed by atoms with Gasteiger partial charge in [-0.2, -0.15) is 0 Å². The Bertz CT molecular complexity index is 3970. The predicted molar refractivity (Wildman–Crippen MR) is 271 cm³/mol. The molecule has 0 atom stereocenters. The van der Waals surface area contributed by atoms with Crippen molar-refractivity contribution < 1.29 is 0 Å². The van der Waals surface area contributed by atoms with Crippen molar-refractivity contribution in [1.29, 1.82) is 0 Å². The molecule has 2 aromatic heterocycles. The fourth-order valence-corrected chi connectivity index (χ4v) is 9.97. The highest BCUT2D eigenvalue weighted by atomic mass is 15.0. The molecule has 13 rings (SSSR count). The molecule has 65 heavy (non-hydrogen) atoms. The van der Waals surface area contributed by atoms with Gasteiger partial charge in [0.05, 0.1) is 11.0 Å². The van der Waals surface area contributed by atoms with Gasteiger partial charge in [0.15, 0.2) is 17.5 Å². The molecule has 0 saturated heterocycles. The minimum absolute atomic E-state index is 0.627. The molecule has 4 heteroatoms. The Balaban J connectivity index is 0.885. The third-order valence-electron chi connectivity index (χ3n) is 13.0. The zero-order chi connectivity index (χ0) is 42.8. The first-order valence-electron chi connectivity index (χ1n) is 22.1. The summed E-state index contributed by atoms with van der Waals surface area (Å²) in [5.74, 6) is 1.89. The lowest BCUT2D eigenvalue weighted by molar-refractivity contribution is 1.07. The second-order valence-electron chi connectivity index (χ2n) is 16.7. The van der Waals surface area contributed by atoms with Crippen LogP contribution in [-0.2, 0) is 0 Å². The lowest BCUT2D eigenvalue weighted by Gasteiger charge is -2.16. The second kappa shape index (κ2) is 15.0. The summed E-state index contributed by atoms with van der Waals surface area (Å²) in [5, 5.41) is 12.6. The van der Waals surface area contributed by atoms with Crippen LogP contribution in [0.5, 0.6) is 0 Å². The highest BCUT2D eigenvalue weighted by Crippen LogP contribution is 2.43. The zero-order valence-corrected chi connectivity index (χ0v) is 35.2. The van der Waals surface area contributed by atoms with Crippen LogP contribution in [0.4, 0.5) is 0 Å². The van der Waals surface area contributed by atoms with Crippen LogP contribution in [-0.4, -0.2) is 19.5 Å². The van der Waals surface area contributed by atoms with Crippen LogP contribution in [0.1, 0.15) is 0 Å². The van der Waals surface area contributed by atoms with Crippen molar-refractivity contribution in [2.75, 3.05) is 0 Å². The SMILES string of the molecule is c1ccc(-c2nc(-c3ccc(-c4ccc(-c5cc6c7ccccc7c7ccccc7c6c6ccccc56)cc4)cc3)nc(-c3ccc4c5ccccc5n(-c5ccccc5)c4c3)n2)cc1. The van der Waals surface area contributed by atoms with Gasteiger partial charge in [0.25, 0.3) is 0 Å². The van der Waals surface area contributed by atoms with E-state index in [1.54, 1.807) is 0 Å². The van der Waals surface area contributed by atoms with Crippen molar-refractivity contribution in [2.45, 2.75) is 0 Å². The third kappa shape index (κ3) is 6.11. The molecule has 13 aromatic rings. The van der Waals surface area contributed by atoms with E-state index in [0.29, 0.717) is 17.5 Å². The molecule has 0 amide bonds. The molecule has 0 unspecified atom stereocenters. The molecule has 11 aromatic carbocycles. The van der Waals surface area contributed by atoms with E-state index < -0.39 is 0 Å². The van der Waals surface area contributed by atoms with Crippen molar-refractivity contribution in [1.82, 2.24) is 19.5 Å². The zero-order valence-electron chi connectivity index (χ0n) is 35.2. The normalized spacial score (nSPS) is 11.7. The van der Waals surface area contributed by atoms with Gasteiger partial charge in [0, 0.05) is 33.2 Å². The Hall–Kier alpha value is -8.73. The van der Waals surface area contributed by atoms with Crippen molar-refractivity contribution in [2.24, 2.45) is 0 Å². The summed E-state index contributed by atoms with van der Waals surface area (Å²) < 4.78 is 2.33. The molecule has 4 nitrogen and oxygen atoms in total. The quantitative estimate of drug-likeness (QED) is 0.157. The van der Waals surface area contributed by atoms with Crippen molar-refractivity contribution in [3.8, 4) is 62.1 Å². The maximum Gasteiger partial charge on any atom is 0.164 e. The van der Waals surface area contributed by atoms with Crippen molar-refractivity contribution in [3.63, 3.8) is 0 Å². The number of rotatable bonds is 6. The standard InChI is InChI=1S/C61H38N4/c1-3-15-42(16-4-1)59-62-60(64-61(63-59)44-35-36-51-50-23-13-14-26-56(50)65(57(51)37-44)45-17-5-2-6-18-45)43-33-29-40(30-34-43)39-27-31-41(32-28-39)54-38-55-48-21-8-7-19-46(48)47-20-9-11-24-52(47)58(55)53-25-12-10-22-49(53)54/h1-38H. The van der Waals surface area contributed by atoms with E-state index in [4.69, 9.17) is 15.0 Å². The maximum absolute atomic E-state index is 5.16. The van der Waals surface area contributed by atoms with Crippen LogP contribution in [0, 0.1) is 0 Å². The van der Waals surface area contributed by atoms with Gasteiger partial charge in [-0.15, -0.1) is 0 Å². The van der Waals surface area contributed by atoms with Crippen molar-refractivity contribution in [3.05, 3.63) is 231 Å². The first-order chi connectivity index (χ1) is 32.2. The number of hydrogen-bond acceptors (Lipinski definition) is 3. The number of hydrogen-bond donors (Lipinski definition) is 0. The molecule has 0 aliphatic heterocycles. The molecule has 0 aliphatic carbocycles. The molecule has 0 fully saturated rings. The largest absolute Gasteiger partial charge is 0.309 e. The van der Waals surface area contributed by atoms with E-state index in [-0.39, 0.29) is 0 Å². The van der Waals surface area contributed by atoms with Crippen LogP contribution in [0.3, 0.4) is 0 Å². The van der Waals surface area contributed by atoms with Gasteiger partial charge >= 0.3 is 0 Å². The molecule has 2 heterocycles. The number of aromatic nitrogens is 4. The van der Waals surface area contributed by atoms with Crippen LogP contribution < -0.4 is 0 Å². The highest BCUT2D eigenvalue weighted by Gasteiger charge is 2.18. The Kier molecular flexibility index (Phi) is 8.50. The molecule has 302 valence electrons. The average Bonchev–Trinajstić information content (AvgIpc) is 3.72. The second-order valence-corrected chi connectivity index (χ2v) is 16.7. The summed E-state index contributed by atoms with van der Waals surface area (Å²) in [4.78, 5) is 15.3. The summed E-state index contributed by atoms with van der Waals surface area (Å²) >= 11 is 0. The molecule has 0 radical (unpaired) electrons. The fourth-order valence-electron chi connectivity index (χ4n) is 9.97. The Labute approximate surface area is 375 Å². The minimum atomic E-state index is 0.627. The summed E-state index contributed by atoms with van der Waals surface area (Å²) in [7, 11) is 0. The van der Waals surface area contributed by atoms with E-state index in [1.807, 2.05) is 18.2 Å². The van der Waals surface area contributed by atoms with E-state index in [9.17, 15) is 0 Å². The minimum Gasteiger partial charge on any atom is -0.309 e. The molecule has 0 aliphatic rings. The van der Waals surface area contributed by atoms with E-state index in [1.165, 1.54) is 65.0 Å². The highest BCUT2D eigenvalue weighted by molar-refractivity contribution is 6.33. The van der Waals surface area contributed by atoms with Crippen LogP contribution in [0.25, 0.3) is 127 Å². The topological polar surface area (TPSA) is 43.6 Å². The smallest absolute Gasteiger partial charge is 0.164 e. The van der Waals surface area contributed by atoms with E-state index >= 15 is 0 Å². The van der Waals surface area contributed by atoms with Crippen LogP contribution in [0.2, 0.25) is 0 Å².